The molecule has 0 fully saturated rings. The predicted molar refractivity (Wildman–Crippen MR) is 109 cm³/mol. The quantitative estimate of drug-likeness (QED) is 0.653. The van der Waals surface area contributed by atoms with Crippen molar-refractivity contribution in [2.75, 3.05) is 13.1 Å². The summed E-state index contributed by atoms with van der Waals surface area (Å²) in [5.41, 5.74) is 3.60. The van der Waals surface area contributed by atoms with Gasteiger partial charge in [-0.2, -0.15) is 10.2 Å². The molecule has 0 saturated carbocycles. The summed E-state index contributed by atoms with van der Waals surface area (Å²) < 4.78 is 8.99. The van der Waals surface area contributed by atoms with Crippen molar-refractivity contribution in [1.82, 2.24) is 24.3 Å². The van der Waals surface area contributed by atoms with E-state index in [2.05, 4.69) is 5.10 Å². The van der Waals surface area contributed by atoms with Gasteiger partial charge in [-0.05, 0) is 39.3 Å². The molecule has 1 aliphatic heterocycles. The number of nitrogens with zero attached hydrogens (tertiary/aromatic N) is 5. The van der Waals surface area contributed by atoms with Gasteiger partial charge in [0.25, 0.3) is 0 Å². The van der Waals surface area contributed by atoms with Crippen molar-refractivity contribution in [3.63, 3.8) is 0 Å². The molecule has 8 nitrogen and oxygen atoms in total. The summed E-state index contributed by atoms with van der Waals surface area (Å²) in [5.74, 6) is 0.0590. The first-order chi connectivity index (χ1) is 13.6. The highest BCUT2D eigenvalue weighted by Gasteiger charge is 2.26. The zero-order chi connectivity index (χ0) is 20.9. The van der Waals surface area contributed by atoms with Crippen LogP contribution in [-0.2, 0) is 17.7 Å². The first-order valence-electron chi connectivity index (χ1n) is 9.54. The SMILES string of the molecule is Cc1c(-c2cc(O)c3c(Cl)cnn3c2)nn2c1CCN(C(=O)OC(C)(C)C)CC2. The molecule has 0 saturated heterocycles. The third-order valence-corrected chi connectivity index (χ3v) is 5.27. The Hall–Kier alpha value is -2.74. The third-order valence-electron chi connectivity index (χ3n) is 4.99. The second kappa shape index (κ2) is 6.95. The monoisotopic (exact) mass is 417 g/mol. The number of carbonyl (C=O) groups excluding carboxylic acids is 1. The van der Waals surface area contributed by atoms with Crippen molar-refractivity contribution in [3.05, 3.63) is 34.7 Å². The summed E-state index contributed by atoms with van der Waals surface area (Å²) in [7, 11) is 0. The summed E-state index contributed by atoms with van der Waals surface area (Å²) in [6, 6.07) is 1.66. The molecule has 0 unspecified atom stereocenters. The minimum absolute atomic E-state index is 0.0590. The average molecular weight is 418 g/mol. The van der Waals surface area contributed by atoms with Gasteiger partial charge >= 0.3 is 6.09 Å². The molecule has 0 radical (unpaired) electrons. The lowest BCUT2D eigenvalue weighted by Crippen LogP contribution is -2.38. The maximum atomic E-state index is 12.4. The van der Waals surface area contributed by atoms with E-state index in [1.165, 1.54) is 6.20 Å². The van der Waals surface area contributed by atoms with Gasteiger partial charge in [-0.25, -0.2) is 9.31 Å². The Balaban J connectivity index is 1.61. The van der Waals surface area contributed by atoms with E-state index in [-0.39, 0.29) is 11.8 Å². The number of aromatic hydroxyl groups is 1. The van der Waals surface area contributed by atoms with Gasteiger partial charge in [0.2, 0.25) is 0 Å². The second-order valence-corrected chi connectivity index (χ2v) is 8.67. The Morgan fingerprint density at radius 3 is 2.76 bits per heavy atom. The number of hydrogen-bond acceptors (Lipinski definition) is 5. The van der Waals surface area contributed by atoms with E-state index in [0.29, 0.717) is 36.6 Å². The number of halogens is 1. The lowest BCUT2D eigenvalue weighted by molar-refractivity contribution is 0.0253. The number of hydrogen-bond donors (Lipinski definition) is 1. The van der Waals surface area contributed by atoms with Gasteiger partial charge in [0.1, 0.15) is 16.9 Å². The van der Waals surface area contributed by atoms with E-state index in [9.17, 15) is 9.90 Å². The normalized spacial score (nSPS) is 14.7. The van der Waals surface area contributed by atoms with Crippen LogP contribution in [0.25, 0.3) is 16.8 Å². The van der Waals surface area contributed by atoms with E-state index in [1.54, 1.807) is 15.5 Å². The van der Waals surface area contributed by atoms with Crippen LogP contribution in [-0.4, -0.2) is 54.2 Å². The number of fused-ring (bicyclic) bond motifs is 2. The van der Waals surface area contributed by atoms with Crippen LogP contribution in [0, 0.1) is 6.92 Å². The fourth-order valence-corrected chi connectivity index (χ4v) is 3.86. The van der Waals surface area contributed by atoms with Gasteiger partial charge in [-0.15, -0.1) is 0 Å². The van der Waals surface area contributed by atoms with Crippen molar-refractivity contribution in [3.8, 4) is 17.0 Å². The van der Waals surface area contributed by atoms with Crippen LogP contribution in [0.2, 0.25) is 5.02 Å². The molecular weight excluding hydrogens is 394 g/mol. The van der Waals surface area contributed by atoms with Crippen molar-refractivity contribution in [2.45, 2.75) is 46.3 Å². The van der Waals surface area contributed by atoms with Gasteiger partial charge in [-0.1, -0.05) is 11.6 Å². The molecular formula is C20H24ClN5O3. The van der Waals surface area contributed by atoms with Crippen LogP contribution in [0.4, 0.5) is 4.79 Å². The van der Waals surface area contributed by atoms with Crippen molar-refractivity contribution < 1.29 is 14.6 Å². The van der Waals surface area contributed by atoms with Gasteiger partial charge in [0, 0.05) is 37.0 Å². The van der Waals surface area contributed by atoms with Gasteiger partial charge in [0.05, 0.1) is 23.5 Å². The Labute approximate surface area is 173 Å². The summed E-state index contributed by atoms with van der Waals surface area (Å²) in [6.45, 7) is 9.28. The topological polar surface area (TPSA) is 84.9 Å². The van der Waals surface area contributed by atoms with Crippen LogP contribution in [0.5, 0.6) is 5.75 Å². The fourth-order valence-electron chi connectivity index (χ4n) is 3.63. The highest BCUT2D eigenvalue weighted by molar-refractivity contribution is 6.34. The molecule has 0 spiro atoms. The molecule has 9 heteroatoms. The Bertz CT molecular complexity index is 1100. The molecule has 29 heavy (non-hydrogen) atoms. The first-order valence-corrected chi connectivity index (χ1v) is 9.92. The molecule has 1 N–H and O–H groups in total. The Morgan fingerprint density at radius 1 is 1.28 bits per heavy atom. The zero-order valence-electron chi connectivity index (χ0n) is 16.9. The largest absolute Gasteiger partial charge is 0.506 e. The molecule has 0 bridgehead atoms. The van der Waals surface area contributed by atoms with Crippen LogP contribution >= 0.6 is 11.6 Å². The van der Waals surface area contributed by atoms with E-state index < -0.39 is 5.60 Å². The van der Waals surface area contributed by atoms with Crippen LogP contribution in [0.15, 0.2) is 18.5 Å². The lowest BCUT2D eigenvalue weighted by Gasteiger charge is -2.26. The molecule has 3 aromatic heterocycles. The van der Waals surface area contributed by atoms with Crippen molar-refractivity contribution >= 4 is 23.2 Å². The minimum atomic E-state index is -0.518. The summed E-state index contributed by atoms with van der Waals surface area (Å²) >= 11 is 6.08. The van der Waals surface area contributed by atoms with E-state index >= 15 is 0 Å². The average Bonchev–Trinajstić information content (AvgIpc) is 3.06. The number of amides is 1. The molecule has 1 amide bonds. The van der Waals surface area contributed by atoms with E-state index in [0.717, 1.165) is 22.5 Å². The Morgan fingerprint density at radius 2 is 2.03 bits per heavy atom. The molecule has 4 rings (SSSR count). The zero-order valence-corrected chi connectivity index (χ0v) is 17.7. The van der Waals surface area contributed by atoms with Crippen molar-refractivity contribution in [2.24, 2.45) is 0 Å². The number of ether oxygens (including phenoxy) is 1. The maximum absolute atomic E-state index is 12.4. The van der Waals surface area contributed by atoms with Gasteiger partial charge in [0.15, 0.2) is 0 Å². The fraction of sp³-hybridized carbons (Fsp3) is 0.450. The van der Waals surface area contributed by atoms with Gasteiger partial charge in [-0.3, -0.25) is 4.68 Å². The molecule has 3 aromatic rings. The standard InChI is InChI=1S/C20H24ClN5O3/c1-12-15-5-6-24(19(28)29-20(2,3)4)7-8-25(15)23-17(12)13-9-16(27)18-14(21)10-22-26(18)11-13/h9-11,27H,5-8H2,1-4H3. The molecule has 0 aliphatic carbocycles. The van der Waals surface area contributed by atoms with E-state index in [1.807, 2.05) is 38.6 Å². The first kappa shape index (κ1) is 19.6. The number of rotatable bonds is 1. The lowest BCUT2D eigenvalue weighted by atomic mass is 10.1. The number of pyridine rings is 1. The number of aromatic nitrogens is 4. The molecule has 154 valence electrons. The highest BCUT2D eigenvalue weighted by Crippen LogP contribution is 2.33. The molecule has 4 heterocycles. The number of carbonyl (C=O) groups is 1. The Kier molecular flexibility index (Phi) is 4.69. The van der Waals surface area contributed by atoms with Gasteiger partial charge < -0.3 is 14.7 Å². The summed E-state index contributed by atoms with van der Waals surface area (Å²) in [6.07, 6.45) is 3.69. The smallest absolute Gasteiger partial charge is 0.410 e. The second-order valence-electron chi connectivity index (χ2n) is 8.26. The molecule has 1 aliphatic rings. The maximum Gasteiger partial charge on any atom is 0.410 e. The predicted octanol–water partition coefficient (Wildman–Crippen LogP) is 3.66. The highest BCUT2D eigenvalue weighted by atomic mass is 35.5. The third kappa shape index (κ3) is 3.64. The van der Waals surface area contributed by atoms with Crippen molar-refractivity contribution in [1.29, 1.82) is 0 Å². The summed E-state index contributed by atoms with van der Waals surface area (Å²) in [5, 5.41) is 19.7. The minimum Gasteiger partial charge on any atom is -0.506 e. The molecule has 0 aromatic carbocycles. The summed E-state index contributed by atoms with van der Waals surface area (Å²) in [4.78, 5) is 14.1. The van der Waals surface area contributed by atoms with E-state index in [4.69, 9.17) is 21.4 Å². The molecule has 0 atom stereocenters. The van der Waals surface area contributed by atoms with Crippen LogP contribution in [0.3, 0.4) is 0 Å². The van der Waals surface area contributed by atoms with Crippen LogP contribution in [0.1, 0.15) is 32.0 Å². The van der Waals surface area contributed by atoms with Crippen LogP contribution < -0.4 is 0 Å².